The monoisotopic (exact) mass is 265 g/mol. The summed E-state index contributed by atoms with van der Waals surface area (Å²) >= 11 is 0. The molecule has 1 aromatic rings. The zero-order chi connectivity index (χ0) is 13.1. The molecule has 2 aliphatic heterocycles. The van der Waals surface area contributed by atoms with Crippen LogP contribution in [0, 0.1) is 0 Å². The molecule has 106 valence electrons. The van der Waals surface area contributed by atoms with Crippen molar-refractivity contribution in [2.75, 3.05) is 26.4 Å². The van der Waals surface area contributed by atoms with Crippen molar-refractivity contribution < 1.29 is 9.47 Å². The van der Waals surface area contributed by atoms with Crippen LogP contribution in [0.15, 0.2) is 12.3 Å². The molecule has 3 heterocycles. The highest BCUT2D eigenvalue weighted by atomic mass is 16.6. The van der Waals surface area contributed by atoms with E-state index in [0.29, 0.717) is 6.04 Å². The summed E-state index contributed by atoms with van der Waals surface area (Å²) in [6.07, 6.45) is 6.21. The van der Waals surface area contributed by atoms with Gasteiger partial charge in [-0.3, -0.25) is 4.68 Å². The molecular weight excluding hydrogens is 242 g/mol. The van der Waals surface area contributed by atoms with Gasteiger partial charge in [0.1, 0.15) is 0 Å². The zero-order valence-corrected chi connectivity index (χ0v) is 11.6. The summed E-state index contributed by atoms with van der Waals surface area (Å²) in [6, 6.07) is 2.64. The second kappa shape index (κ2) is 5.61. The van der Waals surface area contributed by atoms with Crippen molar-refractivity contribution >= 4 is 0 Å². The quantitative estimate of drug-likeness (QED) is 0.878. The zero-order valence-electron chi connectivity index (χ0n) is 11.6. The molecule has 0 amide bonds. The van der Waals surface area contributed by atoms with Crippen molar-refractivity contribution in [2.45, 2.75) is 37.3 Å². The van der Waals surface area contributed by atoms with Crippen LogP contribution in [0.3, 0.4) is 0 Å². The highest BCUT2D eigenvalue weighted by Crippen LogP contribution is 2.32. The van der Waals surface area contributed by atoms with E-state index in [1.165, 1.54) is 0 Å². The van der Waals surface area contributed by atoms with Crippen LogP contribution in [-0.4, -0.2) is 47.8 Å². The Labute approximate surface area is 114 Å². The van der Waals surface area contributed by atoms with Crippen LogP contribution in [0.1, 0.15) is 25.0 Å². The molecule has 0 bridgehead atoms. The average Bonchev–Trinajstić information content (AvgIpc) is 3.00. The number of nitrogens with zero attached hydrogens (tertiary/aromatic N) is 2. The maximum Gasteiger partial charge on any atom is 0.0951 e. The van der Waals surface area contributed by atoms with Gasteiger partial charge in [0.15, 0.2) is 0 Å². The van der Waals surface area contributed by atoms with Gasteiger partial charge in [-0.1, -0.05) is 0 Å². The molecule has 0 radical (unpaired) electrons. The van der Waals surface area contributed by atoms with Gasteiger partial charge >= 0.3 is 0 Å². The van der Waals surface area contributed by atoms with Crippen LogP contribution < -0.4 is 5.32 Å². The Morgan fingerprint density at radius 2 is 2.47 bits per heavy atom. The largest absolute Gasteiger partial charge is 0.378 e. The first-order chi connectivity index (χ1) is 9.26. The van der Waals surface area contributed by atoms with E-state index in [1.807, 2.05) is 17.9 Å². The maximum absolute atomic E-state index is 5.94. The third-order valence-corrected chi connectivity index (χ3v) is 4.14. The molecule has 5 heteroatoms. The van der Waals surface area contributed by atoms with Crippen LogP contribution in [-0.2, 0) is 22.9 Å². The molecule has 0 aliphatic carbocycles. The molecule has 2 aliphatic rings. The second-order valence-corrected chi connectivity index (χ2v) is 5.71. The lowest BCUT2D eigenvalue weighted by Crippen LogP contribution is -2.47. The fraction of sp³-hybridized carbons (Fsp3) is 0.786. The van der Waals surface area contributed by atoms with Crippen LogP contribution in [0.5, 0.6) is 0 Å². The predicted molar refractivity (Wildman–Crippen MR) is 72.1 cm³/mol. The van der Waals surface area contributed by atoms with Crippen molar-refractivity contribution in [3.8, 4) is 0 Å². The van der Waals surface area contributed by atoms with Gasteiger partial charge < -0.3 is 14.8 Å². The molecule has 0 saturated carbocycles. The third-order valence-electron chi connectivity index (χ3n) is 4.14. The number of rotatable bonds is 4. The van der Waals surface area contributed by atoms with E-state index in [-0.39, 0.29) is 5.60 Å². The Hall–Kier alpha value is -0.910. The van der Waals surface area contributed by atoms with Crippen molar-refractivity contribution in [3.63, 3.8) is 0 Å². The van der Waals surface area contributed by atoms with Crippen LogP contribution in [0.25, 0.3) is 0 Å². The Kier molecular flexibility index (Phi) is 3.86. The Morgan fingerprint density at radius 1 is 1.53 bits per heavy atom. The van der Waals surface area contributed by atoms with E-state index in [1.54, 1.807) is 0 Å². The molecule has 3 rings (SSSR count). The van der Waals surface area contributed by atoms with Crippen molar-refractivity contribution in [2.24, 2.45) is 7.05 Å². The lowest BCUT2D eigenvalue weighted by molar-refractivity contribution is -0.0891. The number of nitrogens with one attached hydrogen (secondary N) is 1. The summed E-state index contributed by atoms with van der Waals surface area (Å²) in [4.78, 5) is 0. The summed E-state index contributed by atoms with van der Waals surface area (Å²) in [5.41, 5.74) is 1.15. The smallest absolute Gasteiger partial charge is 0.0951 e. The fourth-order valence-corrected chi connectivity index (χ4v) is 3.07. The van der Waals surface area contributed by atoms with Crippen LogP contribution >= 0.6 is 0 Å². The molecule has 19 heavy (non-hydrogen) atoms. The van der Waals surface area contributed by atoms with Crippen LogP contribution in [0.4, 0.5) is 0 Å². The minimum absolute atomic E-state index is 0.000906. The van der Waals surface area contributed by atoms with E-state index in [9.17, 15) is 0 Å². The summed E-state index contributed by atoms with van der Waals surface area (Å²) in [5.74, 6) is 0. The molecule has 5 nitrogen and oxygen atoms in total. The summed E-state index contributed by atoms with van der Waals surface area (Å²) in [7, 11) is 1.96. The molecule has 2 saturated heterocycles. The minimum atomic E-state index is 0.000906. The first-order valence-electron chi connectivity index (χ1n) is 7.19. The van der Waals surface area contributed by atoms with Gasteiger partial charge in [0.25, 0.3) is 0 Å². The van der Waals surface area contributed by atoms with Crippen molar-refractivity contribution in [3.05, 3.63) is 18.0 Å². The Balaban J connectivity index is 1.45. The molecular formula is C14H23N3O2. The van der Waals surface area contributed by atoms with E-state index in [2.05, 4.69) is 16.5 Å². The topological polar surface area (TPSA) is 48.3 Å². The van der Waals surface area contributed by atoms with Gasteiger partial charge in [-0.25, -0.2) is 0 Å². The first kappa shape index (κ1) is 13.1. The Bertz CT molecular complexity index is 413. The molecule has 2 unspecified atom stereocenters. The number of hydrogen-bond acceptors (Lipinski definition) is 4. The maximum atomic E-state index is 5.94. The van der Waals surface area contributed by atoms with Crippen molar-refractivity contribution in [1.29, 1.82) is 0 Å². The number of hydrogen-bond donors (Lipinski definition) is 1. The number of ether oxygens (including phenoxy) is 2. The second-order valence-electron chi connectivity index (χ2n) is 5.71. The molecule has 2 atom stereocenters. The van der Waals surface area contributed by atoms with Gasteiger partial charge in [-0.15, -0.1) is 0 Å². The van der Waals surface area contributed by atoms with E-state index >= 15 is 0 Å². The van der Waals surface area contributed by atoms with Gasteiger partial charge in [-0.05, 0) is 18.9 Å². The van der Waals surface area contributed by atoms with E-state index in [0.717, 1.165) is 57.7 Å². The minimum Gasteiger partial charge on any atom is -0.378 e. The molecule has 1 N–H and O–H groups in total. The number of aryl methyl sites for hydroxylation is 1. The summed E-state index contributed by atoms with van der Waals surface area (Å²) in [6.45, 7) is 3.45. The highest BCUT2D eigenvalue weighted by molar-refractivity contribution is 4.99. The Morgan fingerprint density at radius 3 is 3.21 bits per heavy atom. The van der Waals surface area contributed by atoms with Gasteiger partial charge in [-0.2, -0.15) is 5.10 Å². The standard InChI is InChI=1S/C14H23N3O2/c1-17-7-3-12(16-17)2-6-15-13-4-8-19-14(10-13)5-9-18-11-14/h3,7,13,15H,2,4-6,8-11H2,1H3. The molecule has 1 aromatic heterocycles. The predicted octanol–water partition coefficient (Wildman–Crippen LogP) is 0.890. The van der Waals surface area contributed by atoms with Gasteiger partial charge in [0, 0.05) is 51.9 Å². The molecule has 0 aromatic carbocycles. The SMILES string of the molecule is Cn1ccc(CCNC2CCOC3(CCOC3)C2)n1. The van der Waals surface area contributed by atoms with Crippen LogP contribution in [0.2, 0.25) is 0 Å². The first-order valence-corrected chi connectivity index (χ1v) is 7.19. The lowest BCUT2D eigenvalue weighted by Gasteiger charge is -2.37. The highest BCUT2D eigenvalue weighted by Gasteiger charge is 2.40. The summed E-state index contributed by atoms with van der Waals surface area (Å²) < 4.78 is 13.3. The van der Waals surface area contributed by atoms with Gasteiger partial charge in [0.2, 0.25) is 0 Å². The van der Waals surface area contributed by atoms with E-state index < -0.39 is 0 Å². The fourth-order valence-electron chi connectivity index (χ4n) is 3.07. The molecule has 1 spiro atoms. The van der Waals surface area contributed by atoms with Gasteiger partial charge in [0.05, 0.1) is 17.9 Å². The lowest BCUT2D eigenvalue weighted by atomic mass is 9.89. The summed E-state index contributed by atoms with van der Waals surface area (Å²) in [5, 5.41) is 8.04. The molecule has 2 fully saturated rings. The van der Waals surface area contributed by atoms with E-state index in [4.69, 9.17) is 9.47 Å². The third kappa shape index (κ3) is 3.16. The average molecular weight is 265 g/mol. The normalized spacial score (nSPS) is 31.1. The number of aromatic nitrogens is 2. The van der Waals surface area contributed by atoms with Crippen molar-refractivity contribution in [1.82, 2.24) is 15.1 Å².